The molecule has 2 rings (SSSR count). The second kappa shape index (κ2) is 5.88. The number of nitrogens with zero attached hydrogens (tertiary/aromatic N) is 2. The molecule has 0 unspecified atom stereocenters. The second-order valence-corrected chi connectivity index (χ2v) is 5.19. The van der Waals surface area contributed by atoms with E-state index < -0.39 is 0 Å². The largest absolute Gasteiger partial charge is 0.389 e. The average Bonchev–Trinajstić information content (AvgIpc) is 2.38. The minimum atomic E-state index is 0.335. The van der Waals surface area contributed by atoms with Crippen LogP contribution in [0, 0.1) is 6.92 Å². The minimum absolute atomic E-state index is 0.335. The molecule has 0 atom stereocenters. The van der Waals surface area contributed by atoms with Gasteiger partial charge < -0.3 is 16.0 Å². The molecule has 20 heavy (non-hydrogen) atoms. The Labute approximate surface area is 124 Å². The first kappa shape index (κ1) is 14.3. The lowest BCUT2D eigenvalue weighted by Crippen LogP contribution is -2.15. The Morgan fingerprint density at radius 2 is 1.90 bits per heavy atom. The lowest BCUT2D eigenvalue weighted by molar-refractivity contribution is 1.13. The van der Waals surface area contributed by atoms with E-state index in [4.69, 9.17) is 18.0 Å². The summed E-state index contributed by atoms with van der Waals surface area (Å²) < 4.78 is 0. The molecule has 1 heterocycles. The first-order valence-electron chi connectivity index (χ1n) is 6.30. The molecule has 0 bridgehead atoms. The maximum atomic E-state index is 5.76. The molecule has 0 spiro atoms. The summed E-state index contributed by atoms with van der Waals surface area (Å²) in [5.74, 6) is 0.687. The number of anilines is 3. The highest BCUT2D eigenvalue weighted by molar-refractivity contribution is 7.80. The third-order valence-electron chi connectivity index (χ3n) is 2.94. The molecule has 0 aliphatic carbocycles. The van der Waals surface area contributed by atoms with Gasteiger partial charge in [0.05, 0.1) is 16.9 Å². The summed E-state index contributed by atoms with van der Waals surface area (Å²) >= 11 is 5.08. The molecule has 0 saturated heterocycles. The predicted octanol–water partition coefficient (Wildman–Crippen LogP) is 2.83. The maximum absolute atomic E-state index is 5.76. The van der Waals surface area contributed by atoms with Crippen LogP contribution >= 0.6 is 12.2 Å². The number of aromatic nitrogens is 1. The summed E-state index contributed by atoms with van der Waals surface area (Å²) in [6, 6.07) is 11.8. The molecular formula is C15H18N4S. The van der Waals surface area contributed by atoms with Gasteiger partial charge in [0, 0.05) is 19.8 Å². The fourth-order valence-electron chi connectivity index (χ4n) is 1.95. The fraction of sp³-hybridized carbons (Fsp3) is 0.200. The summed E-state index contributed by atoms with van der Waals surface area (Å²) in [4.78, 5) is 6.87. The Kier molecular flexibility index (Phi) is 4.20. The summed E-state index contributed by atoms with van der Waals surface area (Å²) in [6.45, 7) is 1.94. The van der Waals surface area contributed by atoms with Gasteiger partial charge >= 0.3 is 0 Å². The highest BCUT2D eigenvalue weighted by atomic mass is 32.1. The van der Waals surface area contributed by atoms with E-state index in [0.717, 1.165) is 22.6 Å². The number of nitrogens with two attached hydrogens (primary N) is 1. The van der Waals surface area contributed by atoms with Gasteiger partial charge in [-0.2, -0.15) is 0 Å². The van der Waals surface area contributed by atoms with Crippen molar-refractivity contribution >= 4 is 34.4 Å². The van der Waals surface area contributed by atoms with Gasteiger partial charge in [-0.1, -0.05) is 24.4 Å². The van der Waals surface area contributed by atoms with Crippen molar-refractivity contribution in [3.8, 4) is 0 Å². The summed E-state index contributed by atoms with van der Waals surface area (Å²) in [5.41, 5.74) is 9.46. The van der Waals surface area contributed by atoms with E-state index in [9.17, 15) is 0 Å². The van der Waals surface area contributed by atoms with E-state index >= 15 is 0 Å². The number of nitrogens with one attached hydrogen (secondary N) is 1. The van der Waals surface area contributed by atoms with E-state index in [2.05, 4.69) is 10.3 Å². The zero-order valence-corrected chi connectivity index (χ0v) is 12.7. The number of rotatable bonds is 4. The molecule has 0 aliphatic heterocycles. The normalized spacial score (nSPS) is 10.2. The first-order valence-corrected chi connectivity index (χ1v) is 6.70. The molecule has 0 aliphatic rings. The van der Waals surface area contributed by atoms with Gasteiger partial charge in [0.25, 0.3) is 0 Å². The molecule has 104 valence electrons. The third kappa shape index (κ3) is 3.05. The quantitative estimate of drug-likeness (QED) is 0.847. The van der Waals surface area contributed by atoms with Crippen LogP contribution in [-0.2, 0) is 0 Å². The van der Waals surface area contributed by atoms with Crippen molar-refractivity contribution < 1.29 is 0 Å². The SMILES string of the molecule is Cc1ccc(C(N)=S)c(Nc2ccccc2N(C)C)n1. The van der Waals surface area contributed by atoms with Crippen LogP contribution in [0.4, 0.5) is 17.2 Å². The van der Waals surface area contributed by atoms with Crippen LogP contribution in [-0.4, -0.2) is 24.1 Å². The van der Waals surface area contributed by atoms with Crippen molar-refractivity contribution in [3.05, 3.63) is 47.7 Å². The first-order chi connectivity index (χ1) is 9.49. The van der Waals surface area contributed by atoms with E-state index in [-0.39, 0.29) is 0 Å². The molecule has 0 amide bonds. The highest BCUT2D eigenvalue weighted by Gasteiger charge is 2.10. The van der Waals surface area contributed by atoms with Gasteiger partial charge in [-0.15, -0.1) is 0 Å². The number of hydrogen-bond acceptors (Lipinski definition) is 4. The molecule has 4 nitrogen and oxygen atoms in total. The number of para-hydroxylation sites is 2. The molecule has 0 fully saturated rings. The molecule has 3 N–H and O–H groups in total. The minimum Gasteiger partial charge on any atom is -0.389 e. The van der Waals surface area contributed by atoms with Crippen LogP contribution in [0.3, 0.4) is 0 Å². The van der Waals surface area contributed by atoms with E-state index in [1.165, 1.54) is 0 Å². The van der Waals surface area contributed by atoms with Crippen molar-refractivity contribution in [2.24, 2.45) is 5.73 Å². The van der Waals surface area contributed by atoms with Gasteiger partial charge in [0.2, 0.25) is 0 Å². The molecule has 5 heteroatoms. The topological polar surface area (TPSA) is 54.2 Å². The van der Waals surface area contributed by atoms with Gasteiger partial charge in [-0.05, 0) is 31.2 Å². The predicted molar refractivity (Wildman–Crippen MR) is 88.9 cm³/mol. The third-order valence-corrected chi connectivity index (χ3v) is 3.16. The van der Waals surface area contributed by atoms with Crippen LogP contribution in [0.2, 0.25) is 0 Å². The van der Waals surface area contributed by atoms with E-state index in [1.807, 2.05) is 62.3 Å². The Morgan fingerprint density at radius 3 is 2.55 bits per heavy atom. The Morgan fingerprint density at radius 1 is 1.20 bits per heavy atom. The lowest BCUT2D eigenvalue weighted by Gasteiger charge is -2.19. The zero-order chi connectivity index (χ0) is 14.7. The van der Waals surface area contributed by atoms with Crippen LogP contribution in [0.1, 0.15) is 11.3 Å². The van der Waals surface area contributed by atoms with Crippen molar-refractivity contribution in [2.45, 2.75) is 6.92 Å². The number of pyridine rings is 1. The zero-order valence-electron chi connectivity index (χ0n) is 11.8. The van der Waals surface area contributed by atoms with Crippen LogP contribution in [0.15, 0.2) is 36.4 Å². The molecule has 1 aromatic heterocycles. The van der Waals surface area contributed by atoms with Crippen LogP contribution in [0.25, 0.3) is 0 Å². The van der Waals surface area contributed by atoms with Crippen LogP contribution in [0.5, 0.6) is 0 Å². The lowest BCUT2D eigenvalue weighted by atomic mass is 10.2. The van der Waals surface area contributed by atoms with E-state index in [1.54, 1.807) is 0 Å². The van der Waals surface area contributed by atoms with Crippen molar-refractivity contribution in [3.63, 3.8) is 0 Å². The Balaban J connectivity index is 2.45. The number of benzene rings is 1. The fourth-order valence-corrected chi connectivity index (χ4v) is 2.11. The molecule has 1 aromatic carbocycles. The monoisotopic (exact) mass is 286 g/mol. The molecule has 0 radical (unpaired) electrons. The standard InChI is InChI=1S/C15H18N4S/c1-10-8-9-11(14(16)20)15(17-10)18-12-6-4-5-7-13(12)19(2)3/h4-9H,1-3H3,(H2,16,20)(H,17,18). The van der Waals surface area contributed by atoms with Crippen LogP contribution < -0.4 is 16.0 Å². The van der Waals surface area contributed by atoms with Crippen molar-refractivity contribution in [1.82, 2.24) is 4.98 Å². The molecular weight excluding hydrogens is 268 g/mol. The number of aryl methyl sites for hydroxylation is 1. The van der Waals surface area contributed by atoms with Crippen molar-refractivity contribution in [1.29, 1.82) is 0 Å². The van der Waals surface area contributed by atoms with Gasteiger partial charge in [-0.3, -0.25) is 0 Å². The van der Waals surface area contributed by atoms with Gasteiger partial charge in [0.1, 0.15) is 10.8 Å². The number of thiocarbonyl (C=S) groups is 1. The summed E-state index contributed by atoms with van der Waals surface area (Å²) in [7, 11) is 4.00. The van der Waals surface area contributed by atoms with E-state index in [0.29, 0.717) is 10.8 Å². The Bertz CT molecular complexity index is 638. The maximum Gasteiger partial charge on any atom is 0.140 e. The highest BCUT2D eigenvalue weighted by Crippen LogP contribution is 2.28. The average molecular weight is 286 g/mol. The molecule has 0 saturated carbocycles. The summed E-state index contributed by atoms with van der Waals surface area (Å²) in [5, 5.41) is 3.32. The Hall–Kier alpha value is -2.14. The van der Waals surface area contributed by atoms with Gasteiger partial charge in [-0.25, -0.2) is 4.98 Å². The smallest absolute Gasteiger partial charge is 0.140 e. The summed E-state index contributed by atoms with van der Waals surface area (Å²) in [6.07, 6.45) is 0. The molecule has 2 aromatic rings. The second-order valence-electron chi connectivity index (χ2n) is 4.75. The van der Waals surface area contributed by atoms with Crippen molar-refractivity contribution in [2.75, 3.05) is 24.3 Å². The van der Waals surface area contributed by atoms with Gasteiger partial charge in [0.15, 0.2) is 0 Å². The number of hydrogen-bond donors (Lipinski definition) is 2.